The van der Waals surface area contributed by atoms with E-state index in [1.807, 2.05) is 0 Å². The van der Waals surface area contributed by atoms with Crippen LogP contribution < -0.4 is 5.14 Å². The van der Waals surface area contributed by atoms with Gasteiger partial charge in [-0.05, 0) is 24.8 Å². The van der Waals surface area contributed by atoms with Crippen LogP contribution in [0.15, 0.2) is 17.0 Å². The standard InChI is InChI=1S/C12H14F2N2O3S/c1-16(6-7-2-3-7)12(17)8-4-11(20(15,18)19)10(14)5-9(8)13/h4-5,7H,2-3,6H2,1H3,(H2,15,18,19). The minimum atomic E-state index is -4.36. The van der Waals surface area contributed by atoms with Gasteiger partial charge in [-0.25, -0.2) is 22.3 Å². The molecule has 0 aliphatic heterocycles. The number of carbonyl (C=O) groups excluding carboxylic acids is 1. The molecule has 0 saturated heterocycles. The monoisotopic (exact) mass is 304 g/mol. The van der Waals surface area contributed by atoms with Gasteiger partial charge >= 0.3 is 0 Å². The highest BCUT2D eigenvalue weighted by atomic mass is 32.2. The lowest BCUT2D eigenvalue weighted by atomic mass is 10.1. The van der Waals surface area contributed by atoms with E-state index in [0.717, 1.165) is 12.8 Å². The molecule has 2 N–H and O–H groups in total. The summed E-state index contributed by atoms with van der Waals surface area (Å²) in [7, 11) is -2.87. The molecule has 0 atom stereocenters. The van der Waals surface area contributed by atoms with Crippen LogP contribution in [0.2, 0.25) is 0 Å². The molecule has 20 heavy (non-hydrogen) atoms. The summed E-state index contributed by atoms with van der Waals surface area (Å²) < 4.78 is 49.4. The van der Waals surface area contributed by atoms with Crippen molar-refractivity contribution in [3.8, 4) is 0 Å². The van der Waals surface area contributed by atoms with E-state index in [1.165, 1.54) is 11.9 Å². The van der Waals surface area contributed by atoms with Crippen LogP contribution in [0, 0.1) is 17.6 Å². The van der Waals surface area contributed by atoms with E-state index in [1.54, 1.807) is 0 Å². The number of hydrogen-bond donors (Lipinski definition) is 1. The maximum absolute atomic E-state index is 13.7. The van der Waals surface area contributed by atoms with Gasteiger partial charge in [-0.15, -0.1) is 0 Å². The van der Waals surface area contributed by atoms with E-state index < -0.39 is 38.0 Å². The Morgan fingerprint density at radius 3 is 2.45 bits per heavy atom. The highest BCUT2D eigenvalue weighted by Gasteiger charge is 2.28. The van der Waals surface area contributed by atoms with Crippen molar-refractivity contribution in [3.63, 3.8) is 0 Å². The van der Waals surface area contributed by atoms with E-state index in [2.05, 4.69) is 0 Å². The molecule has 1 aromatic rings. The summed E-state index contributed by atoms with van der Waals surface area (Å²) in [5.74, 6) is -2.72. The zero-order valence-electron chi connectivity index (χ0n) is 10.8. The van der Waals surface area contributed by atoms with Crippen molar-refractivity contribution in [1.82, 2.24) is 4.90 Å². The van der Waals surface area contributed by atoms with Crippen molar-refractivity contribution in [3.05, 3.63) is 29.3 Å². The summed E-state index contributed by atoms with van der Waals surface area (Å²) in [4.78, 5) is 12.5. The Bertz CT molecular complexity index is 657. The maximum atomic E-state index is 13.7. The van der Waals surface area contributed by atoms with Gasteiger partial charge in [0.15, 0.2) is 0 Å². The smallest absolute Gasteiger partial charge is 0.256 e. The van der Waals surface area contributed by atoms with E-state index in [9.17, 15) is 22.0 Å². The van der Waals surface area contributed by atoms with Gasteiger partial charge < -0.3 is 4.90 Å². The summed E-state index contributed by atoms with van der Waals surface area (Å²) in [5.41, 5.74) is -0.501. The Kier molecular flexibility index (Phi) is 3.79. The average molecular weight is 304 g/mol. The number of amides is 1. The molecule has 1 saturated carbocycles. The second-order valence-corrected chi connectivity index (χ2v) is 6.47. The third-order valence-electron chi connectivity index (χ3n) is 3.13. The molecule has 0 bridgehead atoms. The molecular weight excluding hydrogens is 290 g/mol. The summed E-state index contributed by atoms with van der Waals surface area (Å²) in [6.45, 7) is 0.459. The van der Waals surface area contributed by atoms with Crippen LogP contribution in [0.3, 0.4) is 0 Å². The summed E-state index contributed by atoms with van der Waals surface area (Å²) >= 11 is 0. The second-order valence-electron chi connectivity index (χ2n) is 4.94. The molecule has 2 rings (SSSR count). The lowest BCUT2D eigenvalue weighted by molar-refractivity contribution is 0.0783. The summed E-state index contributed by atoms with van der Waals surface area (Å²) in [5, 5.41) is 4.83. The normalized spacial score (nSPS) is 15.2. The third-order valence-corrected chi connectivity index (χ3v) is 4.06. The molecular formula is C12H14F2N2O3S. The van der Waals surface area contributed by atoms with Crippen LogP contribution in [0.5, 0.6) is 0 Å². The van der Waals surface area contributed by atoms with Gasteiger partial charge in [0.2, 0.25) is 10.0 Å². The Morgan fingerprint density at radius 1 is 1.35 bits per heavy atom. The Labute approximate surface area is 115 Å². The topological polar surface area (TPSA) is 80.5 Å². The highest BCUT2D eigenvalue weighted by Crippen LogP contribution is 2.30. The molecule has 1 fully saturated rings. The fourth-order valence-electron chi connectivity index (χ4n) is 1.89. The molecule has 1 amide bonds. The molecule has 8 heteroatoms. The van der Waals surface area contributed by atoms with Crippen LogP contribution in [-0.2, 0) is 10.0 Å². The van der Waals surface area contributed by atoms with Crippen molar-refractivity contribution in [1.29, 1.82) is 0 Å². The number of carbonyl (C=O) groups is 1. The average Bonchev–Trinajstić information content (AvgIpc) is 3.10. The Balaban J connectivity index is 2.37. The van der Waals surface area contributed by atoms with Crippen molar-refractivity contribution < 1.29 is 22.0 Å². The lowest BCUT2D eigenvalue weighted by Crippen LogP contribution is -2.30. The SMILES string of the molecule is CN(CC1CC1)C(=O)c1cc(S(N)(=O)=O)c(F)cc1F. The largest absolute Gasteiger partial charge is 0.341 e. The molecule has 5 nitrogen and oxygen atoms in total. The van der Waals surface area contributed by atoms with E-state index in [0.29, 0.717) is 24.6 Å². The molecule has 110 valence electrons. The fraction of sp³-hybridized carbons (Fsp3) is 0.417. The van der Waals surface area contributed by atoms with Crippen molar-refractivity contribution in [2.24, 2.45) is 11.1 Å². The van der Waals surface area contributed by atoms with Crippen LogP contribution in [0.1, 0.15) is 23.2 Å². The van der Waals surface area contributed by atoms with Gasteiger partial charge in [0, 0.05) is 19.7 Å². The molecule has 0 aromatic heterocycles. The lowest BCUT2D eigenvalue weighted by Gasteiger charge is -2.17. The zero-order valence-corrected chi connectivity index (χ0v) is 11.6. The Morgan fingerprint density at radius 2 is 1.95 bits per heavy atom. The van der Waals surface area contributed by atoms with Crippen LogP contribution in [0.25, 0.3) is 0 Å². The minimum absolute atomic E-state index is 0.359. The predicted molar refractivity (Wildman–Crippen MR) is 67.4 cm³/mol. The number of hydrogen-bond acceptors (Lipinski definition) is 3. The fourth-order valence-corrected chi connectivity index (χ4v) is 2.50. The molecule has 1 aliphatic carbocycles. The van der Waals surface area contributed by atoms with Gasteiger partial charge in [0.25, 0.3) is 5.91 Å². The number of halogens is 2. The number of rotatable bonds is 4. The molecule has 0 spiro atoms. The van der Waals surface area contributed by atoms with E-state index >= 15 is 0 Å². The quantitative estimate of drug-likeness (QED) is 0.904. The maximum Gasteiger partial charge on any atom is 0.256 e. The third kappa shape index (κ3) is 3.13. The number of primary sulfonamides is 1. The Hall–Kier alpha value is -1.54. The molecule has 0 heterocycles. The highest BCUT2D eigenvalue weighted by molar-refractivity contribution is 7.89. The van der Waals surface area contributed by atoms with Crippen molar-refractivity contribution in [2.75, 3.05) is 13.6 Å². The van der Waals surface area contributed by atoms with E-state index in [-0.39, 0.29) is 0 Å². The molecule has 0 unspecified atom stereocenters. The zero-order chi connectivity index (χ0) is 15.1. The van der Waals surface area contributed by atoms with Crippen LogP contribution in [0.4, 0.5) is 8.78 Å². The number of sulfonamides is 1. The van der Waals surface area contributed by atoms with Crippen molar-refractivity contribution >= 4 is 15.9 Å². The minimum Gasteiger partial charge on any atom is -0.341 e. The van der Waals surface area contributed by atoms with Crippen LogP contribution >= 0.6 is 0 Å². The van der Waals surface area contributed by atoms with Gasteiger partial charge in [-0.3, -0.25) is 4.79 Å². The van der Waals surface area contributed by atoms with Crippen molar-refractivity contribution in [2.45, 2.75) is 17.7 Å². The van der Waals surface area contributed by atoms with Crippen LogP contribution in [-0.4, -0.2) is 32.8 Å². The number of benzene rings is 1. The van der Waals surface area contributed by atoms with Gasteiger partial charge in [0.05, 0.1) is 5.56 Å². The first-order chi connectivity index (χ1) is 9.20. The van der Waals surface area contributed by atoms with Gasteiger partial charge in [-0.2, -0.15) is 0 Å². The first kappa shape index (κ1) is 14.9. The van der Waals surface area contributed by atoms with Gasteiger partial charge in [-0.1, -0.05) is 0 Å². The molecule has 0 radical (unpaired) electrons. The van der Waals surface area contributed by atoms with E-state index in [4.69, 9.17) is 5.14 Å². The number of nitrogens with two attached hydrogens (primary N) is 1. The second kappa shape index (κ2) is 5.10. The predicted octanol–water partition coefficient (Wildman–Crippen LogP) is 1.09. The number of nitrogens with zero attached hydrogens (tertiary/aromatic N) is 1. The molecule has 1 aromatic carbocycles. The summed E-state index contributed by atoms with van der Waals surface area (Å²) in [6, 6.07) is 1.00. The first-order valence-corrected chi connectivity index (χ1v) is 7.52. The van der Waals surface area contributed by atoms with Gasteiger partial charge in [0.1, 0.15) is 16.5 Å². The summed E-state index contributed by atoms with van der Waals surface area (Å²) in [6.07, 6.45) is 2.01. The first-order valence-electron chi connectivity index (χ1n) is 5.97. The molecule has 1 aliphatic rings.